The molecule has 0 spiro atoms. The van der Waals surface area contributed by atoms with Crippen molar-refractivity contribution < 1.29 is 4.79 Å². The molecule has 0 aliphatic carbocycles. The first-order chi connectivity index (χ1) is 10.0. The minimum absolute atomic E-state index is 0.00554. The Hall–Kier alpha value is -2.86. The number of aromatic nitrogens is 3. The van der Waals surface area contributed by atoms with E-state index in [9.17, 15) is 4.79 Å². The first-order valence-corrected chi connectivity index (χ1v) is 6.58. The first-order valence-electron chi connectivity index (χ1n) is 6.58. The number of nitriles is 2. The normalized spacial score (nSPS) is 10.1. The zero-order valence-corrected chi connectivity index (χ0v) is 12.2. The molecule has 0 N–H and O–H groups in total. The number of aryl methyl sites for hydroxylation is 1. The maximum atomic E-state index is 12.4. The average molecular weight is 281 g/mol. The molecule has 6 nitrogen and oxygen atoms in total. The van der Waals surface area contributed by atoms with Gasteiger partial charge in [0.1, 0.15) is 12.1 Å². The Labute approximate surface area is 122 Å². The molecule has 0 fully saturated rings. The minimum atomic E-state index is -0.0961. The van der Waals surface area contributed by atoms with E-state index < -0.39 is 0 Å². The molecule has 6 heteroatoms. The monoisotopic (exact) mass is 281 g/mol. The summed E-state index contributed by atoms with van der Waals surface area (Å²) >= 11 is 0. The Morgan fingerprint density at radius 2 is 2.05 bits per heavy atom. The van der Waals surface area contributed by atoms with Crippen LogP contribution in [0.1, 0.15) is 40.1 Å². The maximum Gasteiger partial charge on any atom is 0.184 e. The second kappa shape index (κ2) is 5.64. The molecule has 0 bridgehead atoms. The van der Waals surface area contributed by atoms with Crippen LogP contribution in [0.4, 0.5) is 0 Å². The second-order valence-corrected chi connectivity index (χ2v) is 4.75. The van der Waals surface area contributed by atoms with Gasteiger partial charge in [0, 0.05) is 23.5 Å². The fourth-order valence-corrected chi connectivity index (χ4v) is 2.51. The SMILES string of the molecule is CCn1c(C)cc(C(=O)Cn2cnc(C#N)c2C#N)c1C. The van der Waals surface area contributed by atoms with Gasteiger partial charge >= 0.3 is 0 Å². The van der Waals surface area contributed by atoms with Crippen molar-refractivity contribution in [2.45, 2.75) is 33.9 Å². The lowest BCUT2D eigenvalue weighted by Gasteiger charge is -2.06. The zero-order chi connectivity index (χ0) is 15.6. The van der Waals surface area contributed by atoms with Gasteiger partial charge in [-0.3, -0.25) is 4.79 Å². The molecular weight excluding hydrogens is 266 g/mol. The Morgan fingerprint density at radius 3 is 2.57 bits per heavy atom. The second-order valence-electron chi connectivity index (χ2n) is 4.75. The van der Waals surface area contributed by atoms with Crippen LogP contribution in [-0.2, 0) is 13.1 Å². The van der Waals surface area contributed by atoms with Gasteiger partial charge in [0.05, 0.1) is 12.9 Å². The molecule has 0 unspecified atom stereocenters. The summed E-state index contributed by atoms with van der Waals surface area (Å²) in [5, 5.41) is 17.9. The van der Waals surface area contributed by atoms with E-state index in [-0.39, 0.29) is 23.7 Å². The van der Waals surface area contributed by atoms with Crippen molar-refractivity contribution in [3.05, 3.63) is 40.7 Å². The van der Waals surface area contributed by atoms with Crippen LogP contribution in [0, 0.1) is 36.5 Å². The van der Waals surface area contributed by atoms with Gasteiger partial charge in [-0.15, -0.1) is 0 Å². The highest BCUT2D eigenvalue weighted by atomic mass is 16.1. The first kappa shape index (κ1) is 14.5. The third-order valence-corrected chi connectivity index (χ3v) is 3.55. The number of carbonyl (C=O) groups excluding carboxylic acids is 1. The van der Waals surface area contributed by atoms with E-state index in [2.05, 4.69) is 9.55 Å². The van der Waals surface area contributed by atoms with Gasteiger partial charge in [0.25, 0.3) is 0 Å². The molecule has 106 valence electrons. The minimum Gasteiger partial charge on any atom is -0.349 e. The van der Waals surface area contributed by atoms with Crippen LogP contribution in [0.3, 0.4) is 0 Å². The number of Topliss-reactive ketones (excluding diaryl/α,β-unsaturated/α-hetero) is 1. The van der Waals surface area contributed by atoms with Gasteiger partial charge in [-0.1, -0.05) is 0 Å². The number of rotatable bonds is 4. The summed E-state index contributed by atoms with van der Waals surface area (Å²) in [6.45, 7) is 6.70. The van der Waals surface area contributed by atoms with Crippen LogP contribution in [-0.4, -0.2) is 19.9 Å². The van der Waals surface area contributed by atoms with E-state index in [0.29, 0.717) is 5.56 Å². The van der Waals surface area contributed by atoms with Crippen molar-refractivity contribution >= 4 is 5.78 Å². The number of ketones is 1. The molecule has 0 radical (unpaired) electrons. The Kier molecular flexibility index (Phi) is 3.91. The molecule has 0 atom stereocenters. The Morgan fingerprint density at radius 1 is 1.33 bits per heavy atom. The fourth-order valence-electron chi connectivity index (χ4n) is 2.51. The molecule has 0 aromatic carbocycles. The highest BCUT2D eigenvalue weighted by Gasteiger charge is 2.18. The standard InChI is InChI=1S/C15H15N5O/c1-4-20-10(2)5-12(11(20)3)15(21)8-19-9-18-13(6-16)14(19)7-17/h5,9H,4,8H2,1-3H3. The third kappa shape index (κ3) is 2.44. The number of hydrogen-bond donors (Lipinski definition) is 0. The van der Waals surface area contributed by atoms with Gasteiger partial charge in [-0.05, 0) is 26.8 Å². The van der Waals surface area contributed by atoms with Crippen molar-refractivity contribution in [1.82, 2.24) is 14.1 Å². The largest absolute Gasteiger partial charge is 0.349 e. The van der Waals surface area contributed by atoms with Crippen LogP contribution in [0.15, 0.2) is 12.4 Å². The lowest BCUT2D eigenvalue weighted by Crippen LogP contribution is -2.12. The fraction of sp³-hybridized carbons (Fsp3) is 0.333. The van der Waals surface area contributed by atoms with Crippen molar-refractivity contribution in [2.75, 3.05) is 0 Å². The summed E-state index contributed by atoms with van der Waals surface area (Å²) in [6, 6.07) is 5.62. The number of nitrogens with zero attached hydrogens (tertiary/aromatic N) is 5. The molecule has 0 amide bonds. The molecule has 0 saturated heterocycles. The smallest absolute Gasteiger partial charge is 0.184 e. The number of carbonyl (C=O) groups is 1. The quantitative estimate of drug-likeness (QED) is 0.801. The lowest BCUT2D eigenvalue weighted by molar-refractivity contribution is 0.0971. The van der Waals surface area contributed by atoms with Crippen molar-refractivity contribution in [1.29, 1.82) is 10.5 Å². The van der Waals surface area contributed by atoms with E-state index >= 15 is 0 Å². The third-order valence-electron chi connectivity index (χ3n) is 3.55. The predicted octanol–water partition coefficient (Wildman–Crippen LogP) is 1.95. The topological polar surface area (TPSA) is 87.4 Å². The van der Waals surface area contributed by atoms with E-state index in [0.717, 1.165) is 17.9 Å². The van der Waals surface area contributed by atoms with Gasteiger partial charge in [0.15, 0.2) is 17.2 Å². The summed E-state index contributed by atoms with van der Waals surface area (Å²) in [6.07, 6.45) is 1.36. The Balaban J connectivity index is 2.34. The van der Waals surface area contributed by atoms with Gasteiger partial charge in [-0.25, -0.2) is 4.98 Å². The average Bonchev–Trinajstić information content (AvgIpc) is 2.99. The predicted molar refractivity (Wildman–Crippen MR) is 75.6 cm³/mol. The van der Waals surface area contributed by atoms with E-state index in [1.807, 2.05) is 39.0 Å². The summed E-state index contributed by atoms with van der Waals surface area (Å²) < 4.78 is 3.48. The molecule has 21 heavy (non-hydrogen) atoms. The van der Waals surface area contributed by atoms with E-state index in [1.165, 1.54) is 10.9 Å². The molecule has 0 saturated carbocycles. The highest BCUT2D eigenvalue weighted by Crippen LogP contribution is 2.17. The molecule has 2 heterocycles. The molecular formula is C15H15N5O. The highest BCUT2D eigenvalue weighted by molar-refractivity contribution is 5.97. The maximum absolute atomic E-state index is 12.4. The summed E-state index contributed by atoms with van der Waals surface area (Å²) in [5.41, 5.74) is 2.76. The molecule has 2 rings (SSSR count). The molecule has 0 aliphatic heterocycles. The van der Waals surface area contributed by atoms with Gasteiger partial charge < -0.3 is 9.13 Å². The van der Waals surface area contributed by atoms with Crippen molar-refractivity contribution in [3.8, 4) is 12.1 Å². The Bertz CT molecular complexity index is 782. The van der Waals surface area contributed by atoms with Crippen LogP contribution < -0.4 is 0 Å². The van der Waals surface area contributed by atoms with Gasteiger partial charge in [0.2, 0.25) is 0 Å². The van der Waals surface area contributed by atoms with Gasteiger partial charge in [-0.2, -0.15) is 10.5 Å². The van der Waals surface area contributed by atoms with Crippen LogP contribution in [0.5, 0.6) is 0 Å². The zero-order valence-electron chi connectivity index (χ0n) is 12.2. The van der Waals surface area contributed by atoms with Crippen LogP contribution in [0.25, 0.3) is 0 Å². The van der Waals surface area contributed by atoms with Crippen LogP contribution >= 0.6 is 0 Å². The van der Waals surface area contributed by atoms with E-state index in [4.69, 9.17) is 10.5 Å². The summed E-state index contributed by atoms with van der Waals surface area (Å²) in [4.78, 5) is 16.3. The molecule has 0 aliphatic rings. The molecule has 2 aromatic heterocycles. The summed E-state index contributed by atoms with van der Waals surface area (Å²) in [7, 11) is 0. The van der Waals surface area contributed by atoms with Crippen LogP contribution in [0.2, 0.25) is 0 Å². The summed E-state index contributed by atoms with van der Waals surface area (Å²) in [5.74, 6) is -0.0961. The number of imidazole rings is 1. The van der Waals surface area contributed by atoms with E-state index in [1.54, 1.807) is 0 Å². The molecule has 2 aromatic rings. The lowest BCUT2D eigenvalue weighted by atomic mass is 10.1. The van der Waals surface area contributed by atoms with Crippen molar-refractivity contribution in [2.24, 2.45) is 0 Å². The van der Waals surface area contributed by atoms with Crippen molar-refractivity contribution in [3.63, 3.8) is 0 Å². The number of hydrogen-bond acceptors (Lipinski definition) is 4.